The van der Waals surface area contributed by atoms with Crippen molar-refractivity contribution in [1.82, 2.24) is 4.57 Å². The van der Waals surface area contributed by atoms with Gasteiger partial charge in [-0.3, -0.25) is 9.36 Å². The second-order valence-electron chi connectivity index (χ2n) is 8.35. The van der Waals surface area contributed by atoms with Crippen molar-refractivity contribution >= 4 is 50.9 Å². The number of carbonyl (C=O) groups is 1. The molecule has 11 heteroatoms. The van der Waals surface area contributed by atoms with Crippen LogP contribution >= 0.6 is 38.9 Å². The standard InChI is InChI=1S/C27H26BrClN2O6S/c1-5-7-18-22(26(34)37-6-2)23(16-13-15(29)8-9-19(16)35-3)31-25(33)21(38-27(31)30-18)12-14-10-17(28)24(32)20(11-14)36-4/h8-13,23,32H,5-7H2,1-4H3/b21-12+/t23-/m1/s1. The SMILES string of the molecule is CCCC1=C(C(=O)OCC)[C@@H](c2cc(Cl)ccc2OC)n2c(s/c(=C/c3cc(Br)c(O)c(OC)c3)c2=O)=N1. The summed E-state index contributed by atoms with van der Waals surface area (Å²) in [6.07, 6.45) is 2.94. The molecule has 0 aliphatic carbocycles. The van der Waals surface area contributed by atoms with Crippen LogP contribution in [0, 0.1) is 0 Å². The van der Waals surface area contributed by atoms with E-state index in [0.29, 0.717) is 47.8 Å². The number of hydrogen-bond acceptors (Lipinski definition) is 8. The molecule has 1 aromatic heterocycles. The highest BCUT2D eigenvalue weighted by Gasteiger charge is 2.36. The van der Waals surface area contributed by atoms with Gasteiger partial charge in [0.05, 0.1) is 41.1 Å². The lowest BCUT2D eigenvalue weighted by Crippen LogP contribution is -2.40. The summed E-state index contributed by atoms with van der Waals surface area (Å²) in [6, 6.07) is 7.53. The quantitative estimate of drug-likeness (QED) is 0.366. The Labute approximate surface area is 236 Å². The topological polar surface area (TPSA) is 99.4 Å². The molecule has 0 unspecified atom stereocenters. The van der Waals surface area contributed by atoms with Gasteiger partial charge in [-0.1, -0.05) is 36.3 Å². The molecule has 0 radical (unpaired) electrons. The minimum atomic E-state index is -0.858. The van der Waals surface area contributed by atoms with E-state index in [1.807, 2.05) is 6.92 Å². The zero-order valence-electron chi connectivity index (χ0n) is 21.2. The van der Waals surface area contributed by atoms with Crippen molar-refractivity contribution in [2.24, 2.45) is 4.99 Å². The molecule has 38 heavy (non-hydrogen) atoms. The lowest BCUT2D eigenvalue weighted by Gasteiger charge is -2.27. The van der Waals surface area contributed by atoms with Crippen LogP contribution in [0.5, 0.6) is 17.2 Å². The fourth-order valence-corrected chi connectivity index (χ4v) is 5.98. The van der Waals surface area contributed by atoms with Crippen molar-refractivity contribution in [3.63, 3.8) is 0 Å². The molecule has 1 aliphatic rings. The summed E-state index contributed by atoms with van der Waals surface area (Å²) >= 11 is 10.9. The summed E-state index contributed by atoms with van der Waals surface area (Å²) in [7, 11) is 2.97. The summed E-state index contributed by atoms with van der Waals surface area (Å²) in [6.45, 7) is 3.89. The number of benzene rings is 2. The molecule has 200 valence electrons. The Balaban J connectivity index is 2.05. The maximum atomic E-state index is 13.9. The largest absolute Gasteiger partial charge is 0.503 e. The number of rotatable bonds is 8. The van der Waals surface area contributed by atoms with Gasteiger partial charge >= 0.3 is 5.97 Å². The first-order chi connectivity index (χ1) is 18.2. The molecule has 3 aromatic rings. The Morgan fingerprint density at radius 3 is 2.61 bits per heavy atom. The Morgan fingerprint density at radius 1 is 1.21 bits per heavy atom. The number of allylic oxidation sites excluding steroid dienone is 1. The van der Waals surface area contributed by atoms with E-state index >= 15 is 0 Å². The Kier molecular flexibility index (Phi) is 8.64. The maximum Gasteiger partial charge on any atom is 0.338 e. The number of hydrogen-bond donors (Lipinski definition) is 1. The lowest BCUT2D eigenvalue weighted by atomic mass is 9.93. The van der Waals surface area contributed by atoms with Gasteiger partial charge < -0.3 is 19.3 Å². The van der Waals surface area contributed by atoms with Gasteiger partial charge in [-0.05, 0) is 71.2 Å². The average molecular weight is 622 g/mol. The summed E-state index contributed by atoms with van der Waals surface area (Å²) in [5.74, 6) is 0.145. The van der Waals surface area contributed by atoms with Crippen LogP contribution in [-0.4, -0.2) is 36.5 Å². The van der Waals surface area contributed by atoms with Crippen LogP contribution in [0.4, 0.5) is 0 Å². The van der Waals surface area contributed by atoms with Crippen LogP contribution in [0.15, 0.2) is 55.9 Å². The molecule has 0 bridgehead atoms. The summed E-state index contributed by atoms with van der Waals surface area (Å²) in [5, 5.41) is 10.6. The Hall–Kier alpha value is -3.08. The van der Waals surface area contributed by atoms with Crippen molar-refractivity contribution in [2.75, 3.05) is 20.8 Å². The maximum absolute atomic E-state index is 13.9. The normalized spacial score (nSPS) is 15.2. The molecule has 2 heterocycles. The van der Waals surface area contributed by atoms with E-state index < -0.39 is 12.0 Å². The molecule has 4 rings (SSSR count). The molecule has 1 atom stereocenters. The monoisotopic (exact) mass is 620 g/mol. The first-order valence-electron chi connectivity index (χ1n) is 11.9. The Morgan fingerprint density at radius 2 is 1.95 bits per heavy atom. The molecule has 8 nitrogen and oxygen atoms in total. The first-order valence-corrected chi connectivity index (χ1v) is 13.8. The second-order valence-corrected chi connectivity index (χ2v) is 10.7. The highest BCUT2D eigenvalue weighted by Crippen LogP contribution is 2.38. The number of phenols is 1. The smallest absolute Gasteiger partial charge is 0.338 e. The van der Waals surface area contributed by atoms with E-state index in [1.165, 1.54) is 30.1 Å². The molecule has 0 saturated heterocycles. The molecule has 0 saturated carbocycles. The second kappa shape index (κ2) is 11.8. The van der Waals surface area contributed by atoms with Gasteiger partial charge in [0.15, 0.2) is 16.3 Å². The van der Waals surface area contributed by atoms with Crippen molar-refractivity contribution in [2.45, 2.75) is 32.7 Å². The van der Waals surface area contributed by atoms with Crippen LogP contribution in [0.2, 0.25) is 5.02 Å². The lowest BCUT2D eigenvalue weighted by molar-refractivity contribution is -0.139. The fourth-order valence-electron chi connectivity index (χ4n) is 4.32. The first kappa shape index (κ1) is 27.9. The van der Waals surface area contributed by atoms with Gasteiger partial charge in [-0.2, -0.15) is 0 Å². The van der Waals surface area contributed by atoms with Gasteiger partial charge in [-0.25, -0.2) is 9.79 Å². The number of nitrogens with zero attached hydrogens (tertiary/aromatic N) is 2. The predicted molar refractivity (Wildman–Crippen MR) is 150 cm³/mol. The summed E-state index contributed by atoms with van der Waals surface area (Å²) in [4.78, 5) is 32.5. The number of halogens is 2. The number of methoxy groups -OCH3 is 2. The minimum absolute atomic E-state index is 0.0394. The van der Waals surface area contributed by atoms with Crippen molar-refractivity contribution in [3.05, 3.63) is 81.9 Å². The molecule has 1 aliphatic heterocycles. The molecule has 0 amide bonds. The number of phenolic OH excluding ortho intramolecular Hbond substituents is 1. The van der Waals surface area contributed by atoms with E-state index in [2.05, 4.69) is 15.9 Å². The summed E-state index contributed by atoms with van der Waals surface area (Å²) in [5.41, 5.74) is 1.67. The van der Waals surface area contributed by atoms with Crippen molar-refractivity contribution in [1.29, 1.82) is 0 Å². The highest BCUT2D eigenvalue weighted by molar-refractivity contribution is 9.10. The zero-order chi connectivity index (χ0) is 27.6. The molecular weight excluding hydrogens is 596 g/mol. The number of carbonyl (C=O) groups excluding carboxylic acids is 1. The molecule has 0 fully saturated rings. The van der Waals surface area contributed by atoms with Gasteiger partial charge in [-0.15, -0.1) is 0 Å². The molecular formula is C27H26BrClN2O6S. The van der Waals surface area contributed by atoms with E-state index in [0.717, 1.165) is 6.42 Å². The summed E-state index contributed by atoms with van der Waals surface area (Å²) < 4.78 is 18.6. The molecule has 2 aromatic carbocycles. The van der Waals surface area contributed by atoms with Gasteiger partial charge in [0.2, 0.25) is 0 Å². The van der Waals surface area contributed by atoms with Crippen LogP contribution in [0.1, 0.15) is 43.9 Å². The number of esters is 1. The fraction of sp³-hybridized carbons (Fsp3) is 0.296. The van der Waals surface area contributed by atoms with Gasteiger partial charge in [0.1, 0.15) is 11.8 Å². The minimum Gasteiger partial charge on any atom is -0.503 e. The van der Waals surface area contributed by atoms with Crippen LogP contribution in [-0.2, 0) is 9.53 Å². The van der Waals surface area contributed by atoms with Crippen molar-refractivity contribution in [3.8, 4) is 17.2 Å². The highest BCUT2D eigenvalue weighted by atomic mass is 79.9. The molecule has 0 spiro atoms. The number of ether oxygens (including phenoxy) is 3. The van der Waals surface area contributed by atoms with Crippen molar-refractivity contribution < 1.29 is 24.1 Å². The van der Waals surface area contributed by atoms with E-state index in [1.54, 1.807) is 43.3 Å². The number of thiazole rings is 1. The van der Waals surface area contributed by atoms with E-state index in [9.17, 15) is 14.7 Å². The Bertz CT molecular complexity index is 1610. The van der Waals surface area contributed by atoms with E-state index in [-0.39, 0.29) is 29.2 Å². The third-order valence-electron chi connectivity index (χ3n) is 5.95. The number of fused-ring (bicyclic) bond motifs is 1. The number of aromatic hydroxyl groups is 1. The van der Waals surface area contributed by atoms with Crippen LogP contribution in [0.25, 0.3) is 6.08 Å². The van der Waals surface area contributed by atoms with E-state index in [4.69, 9.17) is 30.8 Å². The van der Waals surface area contributed by atoms with Crippen LogP contribution < -0.4 is 24.4 Å². The average Bonchev–Trinajstić information content (AvgIpc) is 3.19. The third-order valence-corrected chi connectivity index (χ3v) is 7.77. The third kappa shape index (κ3) is 5.25. The predicted octanol–water partition coefficient (Wildman–Crippen LogP) is 4.72. The molecule has 1 N–H and O–H groups in total. The van der Waals surface area contributed by atoms with Gasteiger partial charge in [0, 0.05) is 10.6 Å². The number of aromatic nitrogens is 1. The van der Waals surface area contributed by atoms with Crippen LogP contribution in [0.3, 0.4) is 0 Å². The van der Waals surface area contributed by atoms with Gasteiger partial charge in [0.25, 0.3) is 5.56 Å². The zero-order valence-corrected chi connectivity index (χ0v) is 24.4.